The number of hydrogen-bond acceptors (Lipinski definition) is 3. The Labute approximate surface area is 185 Å². The van der Waals surface area contributed by atoms with Crippen LogP contribution in [0.15, 0.2) is 24.3 Å². The molecule has 0 spiro atoms. The minimum absolute atomic E-state index is 0.159. The molecule has 1 aliphatic carbocycles. The van der Waals surface area contributed by atoms with Gasteiger partial charge in [0.2, 0.25) is 0 Å². The summed E-state index contributed by atoms with van der Waals surface area (Å²) in [5.41, 5.74) is 0.474. The Morgan fingerprint density at radius 1 is 1.10 bits per heavy atom. The lowest BCUT2D eigenvalue weighted by Crippen LogP contribution is -2.44. The first-order chi connectivity index (χ1) is 14.4. The highest BCUT2D eigenvalue weighted by Crippen LogP contribution is 2.44. The number of carbonyl (C=O) groups is 1. The van der Waals surface area contributed by atoms with E-state index in [0.717, 1.165) is 31.2 Å². The molecule has 178 valence electrons. The van der Waals surface area contributed by atoms with E-state index in [1.165, 1.54) is 0 Å². The van der Waals surface area contributed by atoms with Crippen molar-refractivity contribution in [3.63, 3.8) is 0 Å². The normalized spacial score (nSPS) is 24.8. The van der Waals surface area contributed by atoms with E-state index >= 15 is 0 Å². The van der Waals surface area contributed by atoms with Crippen molar-refractivity contribution in [2.45, 2.75) is 96.8 Å². The lowest BCUT2D eigenvalue weighted by Gasteiger charge is -2.42. The van der Waals surface area contributed by atoms with Crippen molar-refractivity contribution in [1.29, 1.82) is 0 Å². The van der Waals surface area contributed by atoms with Crippen LogP contribution in [0.5, 0.6) is 0 Å². The van der Waals surface area contributed by atoms with E-state index in [9.17, 15) is 23.1 Å². The Bertz CT molecular complexity index is 660. The zero-order valence-electron chi connectivity index (χ0n) is 19.6. The van der Waals surface area contributed by atoms with Gasteiger partial charge in [0.25, 0.3) is 0 Å². The largest absolute Gasteiger partial charge is 0.395 e. The Hall–Kier alpha value is -1.40. The zero-order chi connectivity index (χ0) is 23.7. The lowest BCUT2D eigenvalue weighted by atomic mass is 9.65. The highest BCUT2D eigenvalue weighted by molar-refractivity contribution is 5.82. The number of ketones is 1. The molecule has 31 heavy (non-hydrogen) atoms. The van der Waals surface area contributed by atoms with Gasteiger partial charge >= 0.3 is 6.18 Å². The molecule has 0 saturated heterocycles. The Kier molecular flexibility index (Phi) is 10.7. The molecule has 0 aliphatic heterocycles. The minimum atomic E-state index is -4.13. The van der Waals surface area contributed by atoms with Gasteiger partial charge in [-0.1, -0.05) is 56.5 Å². The molecule has 0 bridgehead atoms. The minimum Gasteiger partial charge on any atom is -0.387 e. The third-order valence-electron chi connectivity index (χ3n) is 6.48. The standard InChI is InChI=1S/C13H24O3.C12H15F3/c1-4-5-12(11(2)14)6-8-13(15,9-7-12)10-16-3;1-3-4-11(12(13,14)15)10-7-5-9(2)6-8-10/h15H,4-10H2,1-3H3;5-8,11H,3-4H2,1-2H3. The molecule has 1 fully saturated rings. The second-order valence-corrected chi connectivity index (χ2v) is 9.04. The summed E-state index contributed by atoms with van der Waals surface area (Å²) < 4.78 is 43.1. The molecule has 1 N–H and O–H groups in total. The van der Waals surface area contributed by atoms with Crippen LogP contribution in [0, 0.1) is 12.3 Å². The van der Waals surface area contributed by atoms with Gasteiger partial charge in [0.1, 0.15) is 5.78 Å². The van der Waals surface area contributed by atoms with Crippen LogP contribution in [0.25, 0.3) is 0 Å². The maximum absolute atomic E-state index is 12.7. The van der Waals surface area contributed by atoms with Crippen molar-refractivity contribution in [3.05, 3.63) is 35.4 Å². The van der Waals surface area contributed by atoms with Gasteiger partial charge in [0.15, 0.2) is 0 Å². The monoisotopic (exact) mass is 444 g/mol. The van der Waals surface area contributed by atoms with Crippen LogP contribution >= 0.6 is 0 Å². The fourth-order valence-electron chi connectivity index (χ4n) is 4.47. The van der Waals surface area contributed by atoms with Crippen LogP contribution in [-0.2, 0) is 9.53 Å². The molecule has 1 aliphatic rings. The summed E-state index contributed by atoms with van der Waals surface area (Å²) in [5.74, 6) is -1.03. The molecule has 0 heterocycles. The van der Waals surface area contributed by atoms with Gasteiger partial charge in [0.05, 0.1) is 18.1 Å². The molecule has 6 heteroatoms. The molecule has 2 rings (SSSR count). The van der Waals surface area contributed by atoms with E-state index in [1.54, 1.807) is 45.2 Å². The van der Waals surface area contributed by atoms with E-state index in [-0.39, 0.29) is 17.6 Å². The third kappa shape index (κ3) is 8.23. The van der Waals surface area contributed by atoms with Crippen LogP contribution in [0.3, 0.4) is 0 Å². The van der Waals surface area contributed by atoms with E-state index < -0.39 is 17.7 Å². The quantitative estimate of drug-likeness (QED) is 0.482. The second kappa shape index (κ2) is 12.0. The zero-order valence-corrected chi connectivity index (χ0v) is 19.6. The molecule has 3 nitrogen and oxygen atoms in total. The van der Waals surface area contributed by atoms with E-state index in [4.69, 9.17) is 4.74 Å². The number of benzene rings is 1. The summed E-state index contributed by atoms with van der Waals surface area (Å²) in [6.45, 7) is 7.82. The third-order valence-corrected chi connectivity index (χ3v) is 6.48. The maximum atomic E-state index is 12.7. The summed E-state index contributed by atoms with van der Waals surface area (Å²) in [4.78, 5) is 11.8. The number of carbonyl (C=O) groups excluding carboxylic acids is 1. The Morgan fingerprint density at radius 3 is 2.03 bits per heavy atom. The first kappa shape index (κ1) is 27.6. The van der Waals surface area contributed by atoms with E-state index in [2.05, 4.69) is 6.92 Å². The molecule has 0 aromatic heterocycles. The summed E-state index contributed by atoms with van der Waals surface area (Å²) in [6, 6.07) is 6.60. The van der Waals surface area contributed by atoms with Crippen molar-refractivity contribution in [1.82, 2.24) is 0 Å². The number of aliphatic hydroxyl groups is 1. The first-order valence-corrected chi connectivity index (χ1v) is 11.3. The number of rotatable bonds is 8. The Morgan fingerprint density at radius 2 is 1.65 bits per heavy atom. The van der Waals surface area contributed by atoms with Gasteiger partial charge in [-0.25, -0.2) is 0 Å². The molecule has 1 atom stereocenters. The SMILES string of the molecule is CCCC(c1ccc(C)cc1)C(F)(F)F.CCCC1(C(C)=O)CCC(O)(COC)CC1. The molecule has 1 saturated carbocycles. The van der Waals surface area contributed by atoms with Gasteiger partial charge in [-0.05, 0) is 57.9 Å². The number of ether oxygens (including phenoxy) is 1. The second-order valence-electron chi connectivity index (χ2n) is 9.04. The number of alkyl halides is 3. The molecule has 0 radical (unpaired) electrons. The van der Waals surface area contributed by atoms with Crippen LogP contribution in [0.1, 0.15) is 89.2 Å². The number of hydrogen-bond donors (Lipinski definition) is 1. The van der Waals surface area contributed by atoms with Gasteiger partial charge in [-0.15, -0.1) is 0 Å². The predicted octanol–water partition coefficient (Wildman–Crippen LogP) is 6.75. The van der Waals surface area contributed by atoms with Gasteiger partial charge < -0.3 is 9.84 Å². The fourth-order valence-corrected chi connectivity index (χ4v) is 4.47. The molecule has 1 unspecified atom stereocenters. The van der Waals surface area contributed by atoms with Crippen LogP contribution in [0.2, 0.25) is 0 Å². The van der Waals surface area contributed by atoms with Gasteiger partial charge in [0, 0.05) is 12.5 Å². The molecule has 0 amide bonds. The summed E-state index contributed by atoms with van der Waals surface area (Å²) in [6.07, 6.45) is 1.51. The van der Waals surface area contributed by atoms with Crippen LogP contribution in [-0.4, -0.2) is 36.4 Å². The van der Waals surface area contributed by atoms with Crippen molar-refractivity contribution in [2.24, 2.45) is 5.41 Å². The summed E-state index contributed by atoms with van der Waals surface area (Å²) >= 11 is 0. The molecule has 1 aromatic rings. The average Bonchev–Trinajstić information content (AvgIpc) is 2.69. The highest BCUT2D eigenvalue weighted by atomic mass is 19.4. The van der Waals surface area contributed by atoms with Gasteiger partial charge in [-0.3, -0.25) is 4.79 Å². The van der Waals surface area contributed by atoms with Crippen LogP contribution in [0.4, 0.5) is 13.2 Å². The van der Waals surface area contributed by atoms with Crippen molar-refractivity contribution >= 4 is 5.78 Å². The first-order valence-electron chi connectivity index (χ1n) is 11.3. The summed E-state index contributed by atoms with van der Waals surface area (Å²) in [5, 5.41) is 10.2. The molecular formula is C25H39F3O3. The van der Waals surface area contributed by atoms with Crippen LogP contribution < -0.4 is 0 Å². The van der Waals surface area contributed by atoms with E-state index in [0.29, 0.717) is 31.4 Å². The number of aryl methyl sites for hydroxylation is 1. The number of halogens is 3. The molecular weight excluding hydrogens is 405 g/mol. The van der Waals surface area contributed by atoms with E-state index in [1.807, 2.05) is 6.92 Å². The van der Waals surface area contributed by atoms with Crippen molar-refractivity contribution in [2.75, 3.05) is 13.7 Å². The predicted molar refractivity (Wildman–Crippen MR) is 118 cm³/mol. The smallest absolute Gasteiger partial charge is 0.387 e. The van der Waals surface area contributed by atoms with Gasteiger partial charge in [-0.2, -0.15) is 13.2 Å². The molecule has 1 aromatic carbocycles. The average molecular weight is 445 g/mol. The number of Topliss-reactive ketones (excluding diaryl/α,β-unsaturated/α-hetero) is 1. The summed E-state index contributed by atoms with van der Waals surface area (Å²) in [7, 11) is 1.61. The van der Waals surface area contributed by atoms with Crippen molar-refractivity contribution < 1.29 is 27.8 Å². The number of methoxy groups -OCH3 is 1. The topological polar surface area (TPSA) is 46.5 Å². The van der Waals surface area contributed by atoms with Crippen molar-refractivity contribution in [3.8, 4) is 0 Å². The lowest BCUT2D eigenvalue weighted by molar-refractivity contribution is -0.152. The maximum Gasteiger partial charge on any atom is 0.395 e. The Balaban J connectivity index is 0.000000311. The highest BCUT2D eigenvalue weighted by Gasteiger charge is 2.44. The fraction of sp³-hybridized carbons (Fsp3) is 0.720.